The maximum atomic E-state index is 12.7. The minimum atomic E-state index is -0.405. The summed E-state index contributed by atoms with van der Waals surface area (Å²) in [4.78, 5) is 40.4. The van der Waals surface area contributed by atoms with E-state index in [1.54, 1.807) is 28.4 Å². The molecule has 0 unspecified atom stereocenters. The van der Waals surface area contributed by atoms with Crippen LogP contribution in [0.4, 0.5) is 10.5 Å². The van der Waals surface area contributed by atoms with Crippen molar-refractivity contribution in [1.82, 2.24) is 24.7 Å². The molecular weight excluding hydrogens is 512 g/mol. The predicted octanol–water partition coefficient (Wildman–Crippen LogP) is 4.38. The number of carbonyl (C=O) groups is 2. The Morgan fingerprint density at radius 3 is 2.41 bits per heavy atom. The van der Waals surface area contributed by atoms with Gasteiger partial charge in [0.25, 0.3) is 5.91 Å². The molecular formula is C29H36N6O3S. The van der Waals surface area contributed by atoms with Crippen molar-refractivity contribution in [3.8, 4) is 5.88 Å². The molecule has 3 aromatic rings. The molecule has 0 spiro atoms. The number of amides is 2. The van der Waals surface area contributed by atoms with E-state index < -0.39 is 6.09 Å². The average molecular weight is 549 g/mol. The van der Waals surface area contributed by atoms with Gasteiger partial charge in [-0.25, -0.2) is 14.8 Å². The number of nitrogens with zero attached hydrogens (tertiary/aromatic N) is 5. The lowest BCUT2D eigenvalue weighted by molar-refractivity contribution is 0.102. The molecule has 39 heavy (non-hydrogen) atoms. The van der Waals surface area contributed by atoms with Crippen LogP contribution in [0.15, 0.2) is 54.2 Å². The Labute approximate surface area is 233 Å². The number of likely N-dealkylation sites (tertiary alicyclic amines) is 1. The van der Waals surface area contributed by atoms with Crippen LogP contribution in [0.1, 0.15) is 40.7 Å². The second kappa shape index (κ2) is 13.1. The zero-order chi connectivity index (χ0) is 27.0. The van der Waals surface area contributed by atoms with Crippen LogP contribution in [0.3, 0.4) is 0 Å². The lowest BCUT2D eigenvalue weighted by Gasteiger charge is -2.33. The van der Waals surface area contributed by atoms with Gasteiger partial charge < -0.3 is 15.0 Å². The molecule has 10 heteroatoms. The normalized spacial score (nSPS) is 17.2. The summed E-state index contributed by atoms with van der Waals surface area (Å²) in [6.07, 6.45) is 6.36. The number of piperazine rings is 1. The topological polar surface area (TPSA) is 90.9 Å². The van der Waals surface area contributed by atoms with E-state index in [9.17, 15) is 9.59 Å². The molecule has 2 amide bonds. The number of thiazole rings is 1. The first-order valence-corrected chi connectivity index (χ1v) is 14.6. The van der Waals surface area contributed by atoms with Crippen LogP contribution >= 0.6 is 11.3 Å². The van der Waals surface area contributed by atoms with Crippen LogP contribution in [-0.2, 0) is 13.0 Å². The molecule has 9 nitrogen and oxygen atoms in total. The third-order valence-corrected chi connectivity index (χ3v) is 8.28. The summed E-state index contributed by atoms with van der Waals surface area (Å²) in [5.74, 6) is 0.822. The first-order chi connectivity index (χ1) is 19.0. The van der Waals surface area contributed by atoms with Gasteiger partial charge in [0.2, 0.25) is 5.88 Å². The first kappa shape index (κ1) is 27.2. The number of benzene rings is 1. The van der Waals surface area contributed by atoms with Crippen LogP contribution in [0.2, 0.25) is 0 Å². The van der Waals surface area contributed by atoms with Crippen molar-refractivity contribution in [2.24, 2.45) is 5.92 Å². The maximum absolute atomic E-state index is 12.7. The molecule has 0 radical (unpaired) electrons. The Balaban J connectivity index is 1.04. The average Bonchev–Trinajstić information content (AvgIpc) is 3.49. The fraction of sp³-hybridized carbons (Fsp3) is 0.448. The third-order valence-electron chi connectivity index (χ3n) is 7.44. The van der Waals surface area contributed by atoms with Gasteiger partial charge in [0.15, 0.2) is 0 Å². The zero-order valence-electron chi connectivity index (χ0n) is 22.4. The summed E-state index contributed by atoms with van der Waals surface area (Å²) in [7, 11) is 0. The Morgan fingerprint density at radius 1 is 0.974 bits per heavy atom. The Kier molecular flexibility index (Phi) is 9.18. The van der Waals surface area contributed by atoms with E-state index in [0.29, 0.717) is 24.3 Å². The van der Waals surface area contributed by atoms with Gasteiger partial charge in [0.1, 0.15) is 0 Å². The van der Waals surface area contributed by atoms with Crippen LogP contribution in [0.5, 0.6) is 5.88 Å². The summed E-state index contributed by atoms with van der Waals surface area (Å²) in [5, 5.41) is 5.99. The number of hydrogen-bond acceptors (Lipinski definition) is 8. The summed E-state index contributed by atoms with van der Waals surface area (Å²) < 4.78 is 5.47. The van der Waals surface area contributed by atoms with Gasteiger partial charge in [0, 0.05) is 68.9 Å². The van der Waals surface area contributed by atoms with Crippen LogP contribution in [-0.4, -0.2) is 82.5 Å². The summed E-state index contributed by atoms with van der Waals surface area (Å²) >= 11 is 1.67. The zero-order valence-corrected chi connectivity index (χ0v) is 23.2. The van der Waals surface area contributed by atoms with Crippen molar-refractivity contribution in [3.63, 3.8) is 0 Å². The number of nitrogens with one attached hydrogen (secondary N) is 1. The highest BCUT2D eigenvalue weighted by molar-refractivity contribution is 7.09. The Hall–Kier alpha value is -3.34. The molecule has 0 aliphatic carbocycles. The van der Waals surface area contributed by atoms with Gasteiger partial charge in [0.05, 0.1) is 16.9 Å². The van der Waals surface area contributed by atoms with E-state index in [2.05, 4.69) is 32.0 Å². The van der Waals surface area contributed by atoms with Crippen molar-refractivity contribution >= 4 is 29.0 Å². The number of carbonyl (C=O) groups excluding carboxylic acids is 2. The largest absolute Gasteiger partial charge is 0.416 e. The van der Waals surface area contributed by atoms with Crippen LogP contribution in [0, 0.1) is 5.92 Å². The maximum Gasteiger partial charge on any atom is 0.416 e. The highest BCUT2D eigenvalue weighted by Crippen LogP contribution is 2.19. The predicted molar refractivity (Wildman–Crippen MR) is 152 cm³/mol. The fourth-order valence-corrected chi connectivity index (χ4v) is 5.51. The van der Waals surface area contributed by atoms with Crippen molar-refractivity contribution in [1.29, 1.82) is 0 Å². The molecule has 2 aromatic heterocycles. The highest BCUT2D eigenvalue weighted by Gasteiger charge is 2.23. The molecule has 206 valence electrons. The number of anilines is 1. The number of pyridine rings is 1. The van der Waals surface area contributed by atoms with E-state index >= 15 is 0 Å². The standard InChI is InChI=1S/C29H36N6O3S/c1-22-8-12-34(13-9-22)21-23-2-4-24(5-3-23)28(36)32-25-6-7-26(31-20-25)38-29(37)35-17-15-33(16-18-35)14-10-27-30-11-19-39-27/h2-7,11,19-20,22H,8-10,12-18,21H2,1H3,(H,32,36). The smallest absolute Gasteiger partial charge is 0.391 e. The van der Waals surface area contributed by atoms with E-state index in [1.165, 1.54) is 24.6 Å². The van der Waals surface area contributed by atoms with Gasteiger partial charge in [-0.05, 0) is 55.6 Å². The molecule has 0 saturated carbocycles. The first-order valence-electron chi connectivity index (χ1n) is 13.7. The fourth-order valence-electron chi connectivity index (χ4n) is 4.90. The molecule has 0 atom stereocenters. The molecule has 2 aliphatic heterocycles. The van der Waals surface area contributed by atoms with E-state index in [-0.39, 0.29) is 11.8 Å². The molecule has 1 aromatic carbocycles. The molecule has 5 rings (SSSR count). The molecule has 0 bridgehead atoms. The SMILES string of the molecule is CC1CCN(Cc2ccc(C(=O)Nc3ccc(OC(=O)N4CCN(CCc5nccs5)CC4)nc3)cc2)CC1. The Morgan fingerprint density at radius 2 is 1.74 bits per heavy atom. The van der Waals surface area contributed by atoms with Gasteiger partial charge in [-0.3, -0.25) is 14.6 Å². The summed E-state index contributed by atoms with van der Waals surface area (Å²) in [5.41, 5.74) is 2.35. The molecule has 1 N–H and O–H groups in total. The van der Waals surface area contributed by atoms with Gasteiger partial charge in [-0.15, -0.1) is 11.3 Å². The van der Waals surface area contributed by atoms with E-state index in [4.69, 9.17) is 4.74 Å². The minimum absolute atomic E-state index is 0.201. The van der Waals surface area contributed by atoms with Crippen molar-refractivity contribution in [2.45, 2.75) is 32.7 Å². The molecule has 2 fully saturated rings. The number of piperidine rings is 1. The van der Waals surface area contributed by atoms with Crippen molar-refractivity contribution in [3.05, 3.63) is 70.3 Å². The molecule has 2 aliphatic rings. The Bertz CT molecular complexity index is 1200. The number of aromatic nitrogens is 2. The monoisotopic (exact) mass is 548 g/mol. The molecule has 4 heterocycles. The van der Waals surface area contributed by atoms with Crippen LogP contribution in [0.25, 0.3) is 0 Å². The van der Waals surface area contributed by atoms with Crippen molar-refractivity contribution < 1.29 is 14.3 Å². The van der Waals surface area contributed by atoms with Gasteiger partial charge in [-0.1, -0.05) is 19.1 Å². The minimum Gasteiger partial charge on any atom is -0.391 e. The summed E-state index contributed by atoms with van der Waals surface area (Å²) in [6, 6.07) is 11.1. The number of rotatable bonds is 8. The molecule has 2 saturated heterocycles. The highest BCUT2D eigenvalue weighted by atomic mass is 32.1. The quantitative estimate of drug-likeness (QED) is 0.447. The lowest BCUT2D eigenvalue weighted by atomic mass is 9.99. The van der Waals surface area contributed by atoms with E-state index in [0.717, 1.165) is 56.6 Å². The van der Waals surface area contributed by atoms with Crippen molar-refractivity contribution in [2.75, 3.05) is 51.1 Å². The second-order valence-corrected chi connectivity index (χ2v) is 11.3. The van der Waals surface area contributed by atoms with Gasteiger partial charge in [-0.2, -0.15) is 0 Å². The lowest BCUT2D eigenvalue weighted by Crippen LogP contribution is -2.49. The third kappa shape index (κ3) is 7.84. The van der Waals surface area contributed by atoms with Gasteiger partial charge >= 0.3 is 6.09 Å². The van der Waals surface area contributed by atoms with E-state index in [1.807, 2.05) is 35.8 Å². The van der Waals surface area contributed by atoms with Crippen LogP contribution < -0.4 is 10.1 Å². The number of ether oxygens (including phenoxy) is 1. The number of hydrogen-bond donors (Lipinski definition) is 1. The summed E-state index contributed by atoms with van der Waals surface area (Å²) in [6.45, 7) is 9.26. The second-order valence-electron chi connectivity index (χ2n) is 10.4.